The van der Waals surface area contributed by atoms with Gasteiger partial charge in [-0.2, -0.15) is 0 Å². The number of hydrogen-bond acceptors (Lipinski definition) is 0. The minimum atomic E-state index is 0.547. The molecule has 0 atom stereocenters. The highest BCUT2D eigenvalue weighted by atomic mass is 15.4. The molecule has 31 heavy (non-hydrogen) atoms. The molecule has 0 saturated heterocycles. The Balaban J connectivity index is 2.02. The Bertz CT molecular complexity index is 1060. The van der Waals surface area contributed by atoms with E-state index >= 15 is 0 Å². The molecule has 4 rings (SSSR count). The zero-order chi connectivity index (χ0) is 21.5. The second-order valence-electron chi connectivity index (χ2n) is 7.73. The van der Waals surface area contributed by atoms with Crippen molar-refractivity contribution in [1.82, 2.24) is 4.48 Å². The number of benzene rings is 4. The predicted molar refractivity (Wildman–Crippen MR) is 135 cm³/mol. The summed E-state index contributed by atoms with van der Waals surface area (Å²) in [6.07, 6.45) is 4.59. The summed E-state index contributed by atoms with van der Waals surface area (Å²) in [6, 6.07) is 42.6. The first-order valence-electron chi connectivity index (χ1n) is 10.7. The summed E-state index contributed by atoms with van der Waals surface area (Å²) in [5.74, 6) is 0. The summed E-state index contributed by atoms with van der Waals surface area (Å²) in [5.41, 5.74) is 7.27. The van der Waals surface area contributed by atoms with Gasteiger partial charge in [-0.15, -0.1) is 0 Å². The van der Waals surface area contributed by atoms with E-state index in [1.807, 2.05) is 0 Å². The van der Waals surface area contributed by atoms with Gasteiger partial charge >= 0.3 is 0 Å². The van der Waals surface area contributed by atoms with Crippen molar-refractivity contribution < 1.29 is 0 Å². The number of nitrogens with zero attached hydrogens (tertiary/aromatic N) is 1. The van der Waals surface area contributed by atoms with E-state index in [4.69, 9.17) is 0 Å². The van der Waals surface area contributed by atoms with Gasteiger partial charge in [-0.25, -0.2) is 4.48 Å². The Labute approximate surface area is 185 Å². The fraction of sp³-hybridized carbons (Fsp3) is 0.0667. The van der Waals surface area contributed by atoms with E-state index in [1.165, 1.54) is 33.9 Å². The summed E-state index contributed by atoms with van der Waals surface area (Å²) in [4.78, 5) is 0. The SMILES string of the molecule is CC(=Cc1ccccc1)[N+](C(C)=Cc1ccccc1)(c1ccccc1)c1ccccc1. The molecule has 0 amide bonds. The minimum absolute atomic E-state index is 0.547. The van der Waals surface area contributed by atoms with E-state index in [1.54, 1.807) is 0 Å². The van der Waals surface area contributed by atoms with Crippen molar-refractivity contribution in [1.29, 1.82) is 0 Å². The Morgan fingerprint density at radius 2 is 0.742 bits per heavy atom. The molecule has 0 aliphatic carbocycles. The molecule has 4 aromatic carbocycles. The number of hydrogen-bond donors (Lipinski definition) is 0. The zero-order valence-electron chi connectivity index (χ0n) is 18.1. The molecule has 4 aromatic rings. The third-order valence-electron chi connectivity index (χ3n) is 5.70. The lowest BCUT2D eigenvalue weighted by molar-refractivity contribution is 0.577. The van der Waals surface area contributed by atoms with Crippen molar-refractivity contribution >= 4 is 23.5 Å². The standard InChI is InChI=1S/C30H28N/c1-25(23-27-15-7-3-8-16-27)31(29-19-11-5-12-20-29,30-21-13-6-14-22-30)26(2)24-28-17-9-4-10-18-28/h3-24H,1-2H3/q+1. The summed E-state index contributed by atoms with van der Waals surface area (Å²) < 4.78 is 0.547. The van der Waals surface area contributed by atoms with Gasteiger partial charge in [0, 0.05) is 50.3 Å². The van der Waals surface area contributed by atoms with Crippen molar-refractivity contribution in [2.24, 2.45) is 0 Å². The maximum absolute atomic E-state index is 2.29. The van der Waals surface area contributed by atoms with Gasteiger partial charge in [0.05, 0.1) is 0 Å². The first kappa shape index (κ1) is 20.6. The van der Waals surface area contributed by atoms with Crippen LogP contribution < -0.4 is 4.48 Å². The van der Waals surface area contributed by atoms with Crippen molar-refractivity contribution in [2.75, 3.05) is 0 Å². The first-order chi connectivity index (χ1) is 15.2. The summed E-state index contributed by atoms with van der Waals surface area (Å²) in [5, 5.41) is 0. The smallest absolute Gasteiger partial charge is 0.147 e. The quantitative estimate of drug-likeness (QED) is 0.284. The molecule has 0 saturated carbocycles. The van der Waals surface area contributed by atoms with Crippen LogP contribution in [-0.4, -0.2) is 0 Å². The van der Waals surface area contributed by atoms with Crippen LogP contribution in [0, 0.1) is 0 Å². The summed E-state index contributed by atoms with van der Waals surface area (Å²) in [6.45, 7) is 4.46. The number of para-hydroxylation sites is 2. The molecule has 0 spiro atoms. The average Bonchev–Trinajstić information content (AvgIpc) is 2.82. The molecule has 0 fully saturated rings. The molecule has 0 aliphatic rings. The Morgan fingerprint density at radius 1 is 0.452 bits per heavy atom. The van der Waals surface area contributed by atoms with E-state index in [0.29, 0.717) is 4.48 Å². The van der Waals surface area contributed by atoms with Crippen LogP contribution >= 0.6 is 0 Å². The van der Waals surface area contributed by atoms with Crippen molar-refractivity contribution in [3.63, 3.8) is 0 Å². The van der Waals surface area contributed by atoms with E-state index in [0.717, 1.165) is 0 Å². The largest absolute Gasteiger partial charge is 0.202 e. The van der Waals surface area contributed by atoms with Crippen molar-refractivity contribution in [2.45, 2.75) is 13.8 Å². The number of rotatable bonds is 6. The first-order valence-corrected chi connectivity index (χ1v) is 10.7. The summed E-state index contributed by atoms with van der Waals surface area (Å²) in [7, 11) is 0. The van der Waals surface area contributed by atoms with Gasteiger partial charge in [0.25, 0.3) is 0 Å². The number of allylic oxidation sites excluding steroid dienone is 2. The van der Waals surface area contributed by atoms with Gasteiger partial charge < -0.3 is 0 Å². The van der Waals surface area contributed by atoms with Crippen molar-refractivity contribution in [3.05, 3.63) is 144 Å². The Kier molecular flexibility index (Phi) is 6.26. The molecule has 0 bridgehead atoms. The lowest BCUT2D eigenvalue weighted by Gasteiger charge is -2.38. The van der Waals surface area contributed by atoms with E-state index in [9.17, 15) is 0 Å². The van der Waals surface area contributed by atoms with E-state index in [2.05, 4.69) is 147 Å². The Morgan fingerprint density at radius 3 is 1.06 bits per heavy atom. The average molecular weight is 403 g/mol. The van der Waals surface area contributed by atoms with Gasteiger partial charge in [-0.1, -0.05) is 97.1 Å². The molecule has 0 aliphatic heterocycles. The lowest BCUT2D eigenvalue weighted by Crippen LogP contribution is -2.40. The topological polar surface area (TPSA) is 0 Å². The van der Waals surface area contributed by atoms with E-state index < -0.39 is 0 Å². The van der Waals surface area contributed by atoms with Crippen LogP contribution in [0.5, 0.6) is 0 Å². The Hall–Kier alpha value is -3.68. The third-order valence-corrected chi connectivity index (χ3v) is 5.70. The molecular formula is C30H28N+. The highest BCUT2D eigenvalue weighted by Gasteiger charge is 2.38. The van der Waals surface area contributed by atoms with Gasteiger partial charge in [0.1, 0.15) is 22.8 Å². The van der Waals surface area contributed by atoms with Crippen LogP contribution in [-0.2, 0) is 0 Å². The molecule has 1 nitrogen and oxygen atoms in total. The monoisotopic (exact) mass is 402 g/mol. The van der Waals surface area contributed by atoms with E-state index in [-0.39, 0.29) is 0 Å². The zero-order valence-corrected chi connectivity index (χ0v) is 18.1. The van der Waals surface area contributed by atoms with Gasteiger partial charge in [0.15, 0.2) is 0 Å². The molecule has 0 N–H and O–H groups in total. The van der Waals surface area contributed by atoms with Gasteiger partial charge in [-0.3, -0.25) is 0 Å². The lowest BCUT2D eigenvalue weighted by atomic mass is 10.0. The second kappa shape index (κ2) is 9.42. The molecule has 0 radical (unpaired) electrons. The minimum Gasteiger partial charge on any atom is -0.202 e. The second-order valence-corrected chi connectivity index (χ2v) is 7.73. The maximum Gasteiger partial charge on any atom is 0.147 e. The van der Waals surface area contributed by atoms with Gasteiger partial charge in [0.2, 0.25) is 0 Å². The molecule has 152 valence electrons. The highest BCUT2D eigenvalue weighted by Crippen LogP contribution is 2.44. The summed E-state index contributed by atoms with van der Waals surface area (Å²) >= 11 is 0. The fourth-order valence-electron chi connectivity index (χ4n) is 4.32. The highest BCUT2D eigenvalue weighted by molar-refractivity contribution is 5.74. The van der Waals surface area contributed by atoms with Crippen LogP contribution in [0.25, 0.3) is 12.2 Å². The van der Waals surface area contributed by atoms with Crippen LogP contribution in [0.3, 0.4) is 0 Å². The number of quaternary nitrogens is 1. The van der Waals surface area contributed by atoms with Crippen LogP contribution in [0.2, 0.25) is 0 Å². The maximum atomic E-state index is 2.29. The fourth-order valence-corrected chi connectivity index (χ4v) is 4.32. The molecule has 0 heterocycles. The van der Waals surface area contributed by atoms with Crippen LogP contribution in [0.15, 0.2) is 133 Å². The van der Waals surface area contributed by atoms with Crippen molar-refractivity contribution in [3.8, 4) is 0 Å². The van der Waals surface area contributed by atoms with Gasteiger partial charge in [-0.05, 0) is 11.1 Å². The van der Waals surface area contributed by atoms with Crippen LogP contribution in [0.4, 0.5) is 11.4 Å². The predicted octanol–water partition coefficient (Wildman–Crippen LogP) is 8.45. The molecular weight excluding hydrogens is 374 g/mol. The normalized spacial score (nSPS) is 12.6. The third kappa shape index (κ3) is 4.28. The molecule has 0 aromatic heterocycles. The molecule has 1 heteroatoms. The molecule has 0 unspecified atom stereocenters. The van der Waals surface area contributed by atoms with Crippen LogP contribution in [0.1, 0.15) is 25.0 Å².